The number of hydrogen-bond acceptors (Lipinski definition) is 4. The Hall–Kier alpha value is -0.870. The van der Waals surface area contributed by atoms with E-state index in [4.69, 9.17) is 16.3 Å². The van der Waals surface area contributed by atoms with E-state index in [0.717, 1.165) is 25.5 Å². The second kappa shape index (κ2) is 4.77. The van der Waals surface area contributed by atoms with Gasteiger partial charge in [-0.3, -0.25) is 4.90 Å². The number of aromatic nitrogens is 2. The Kier molecular flexibility index (Phi) is 3.38. The molecule has 2 heterocycles. The molecule has 0 saturated carbocycles. The number of hydrogen-bond donors (Lipinski definition) is 0. The fraction of sp³-hybridized carbons (Fsp3) is 0.600. The molecular formula is C10H14ClN3O. The molecule has 15 heavy (non-hydrogen) atoms. The smallest absolute Gasteiger partial charge is 0.174 e. The summed E-state index contributed by atoms with van der Waals surface area (Å²) in [4.78, 5) is 10.7. The predicted octanol–water partition coefficient (Wildman–Crippen LogP) is 1.73. The monoisotopic (exact) mass is 227 g/mol. The van der Waals surface area contributed by atoms with Crippen LogP contribution in [0.4, 0.5) is 0 Å². The highest BCUT2D eigenvalue weighted by molar-refractivity contribution is 6.30. The molecule has 0 spiro atoms. The lowest BCUT2D eigenvalue weighted by Crippen LogP contribution is -2.20. The number of rotatable bonds is 3. The third-order valence-corrected chi connectivity index (χ3v) is 2.82. The van der Waals surface area contributed by atoms with Crippen molar-refractivity contribution in [3.63, 3.8) is 0 Å². The summed E-state index contributed by atoms with van der Waals surface area (Å²) in [7, 11) is 1.56. The molecule has 0 amide bonds. The lowest BCUT2D eigenvalue weighted by molar-refractivity contribution is 0.321. The van der Waals surface area contributed by atoms with Crippen molar-refractivity contribution >= 4 is 11.6 Å². The summed E-state index contributed by atoms with van der Waals surface area (Å²) in [5, 5.41) is 0.390. The molecule has 0 unspecified atom stereocenters. The molecule has 0 radical (unpaired) electrons. The van der Waals surface area contributed by atoms with Gasteiger partial charge in [-0.25, -0.2) is 9.97 Å². The van der Waals surface area contributed by atoms with E-state index in [0.29, 0.717) is 10.9 Å². The minimum absolute atomic E-state index is 0.390. The van der Waals surface area contributed by atoms with Gasteiger partial charge < -0.3 is 4.74 Å². The van der Waals surface area contributed by atoms with Gasteiger partial charge in [0.05, 0.1) is 19.9 Å². The maximum absolute atomic E-state index is 5.92. The van der Waals surface area contributed by atoms with Gasteiger partial charge in [-0.2, -0.15) is 0 Å². The SMILES string of the molecule is COc1cnc(CN2CCCC2)nc1Cl. The molecule has 1 aromatic heterocycles. The van der Waals surface area contributed by atoms with Crippen LogP contribution in [0, 0.1) is 0 Å². The molecule has 5 heteroatoms. The Labute approximate surface area is 94.2 Å². The van der Waals surface area contributed by atoms with E-state index in [9.17, 15) is 0 Å². The van der Waals surface area contributed by atoms with Crippen LogP contribution in [0.3, 0.4) is 0 Å². The molecule has 1 fully saturated rings. The Bertz CT molecular complexity index is 339. The molecule has 1 saturated heterocycles. The summed E-state index contributed by atoms with van der Waals surface area (Å²) in [5.74, 6) is 1.30. The first-order valence-corrected chi connectivity index (χ1v) is 5.45. The molecule has 0 aromatic carbocycles. The summed E-state index contributed by atoms with van der Waals surface area (Å²) in [6.07, 6.45) is 4.16. The Morgan fingerprint density at radius 1 is 1.47 bits per heavy atom. The molecule has 2 rings (SSSR count). The van der Waals surface area contributed by atoms with Crippen LogP contribution in [0.5, 0.6) is 5.75 Å². The van der Waals surface area contributed by atoms with Crippen LogP contribution < -0.4 is 4.74 Å². The zero-order valence-corrected chi connectivity index (χ0v) is 9.50. The quantitative estimate of drug-likeness (QED) is 0.738. The third-order valence-electron chi connectivity index (χ3n) is 2.54. The van der Waals surface area contributed by atoms with Crippen molar-refractivity contribution in [2.24, 2.45) is 0 Å². The van der Waals surface area contributed by atoms with Gasteiger partial charge >= 0.3 is 0 Å². The fourth-order valence-corrected chi connectivity index (χ4v) is 1.96. The Balaban J connectivity index is 2.05. The molecule has 0 N–H and O–H groups in total. The molecule has 4 nitrogen and oxygen atoms in total. The summed E-state index contributed by atoms with van der Waals surface area (Å²) in [5.41, 5.74) is 0. The van der Waals surface area contributed by atoms with Crippen molar-refractivity contribution in [3.8, 4) is 5.75 Å². The van der Waals surface area contributed by atoms with E-state index < -0.39 is 0 Å². The first-order chi connectivity index (χ1) is 7.29. The van der Waals surface area contributed by atoms with Gasteiger partial charge in [-0.05, 0) is 25.9 Å². The van der Waals surface area contributed by atoms with E-state index in [-0.39, 0.29) is 0 Å². The molecule has 0 bridgehead atoms. The van der Waals surface area contributed by atoms with Gasteiger partial charge in [-0.1, -0.05) is 11.6 Å². The van der Waals surface area contributed by atoms with E-state index >= 15 is 0 Å². The van der Waals surface area contributed by atoms with Crippen LogP contribution in [0.15, 0.2) is 6.20 Å². The number of ether oxygens (including phenoxy) is 1. The highest BCUT2D eigenvalue weighted by Crippen LogP contribution is 2.20. The summed E-state index contributed by atoms with van der Waals surface area (Å²) in [6.45, 7) is 3.05. The first kappa shape index (κ1) is 10.6. The average Bonchev–Trinajstić information content (AvgIpc) is 2.71. The van der Waals surface area contributed by atoms with Gasteiger partial charge in [0.2, 0.25) is 0 Å². The number of methoxy groups -OCH3 is 1. The molecule has 1 aromatic rings. The van der Waals surface area contributed by atoms with Gasteiger partial charge in [0.25, 0.3) is 0 Å². The number of nitrogens with zero attached hydrogens (tertiary/aromatic N) is 3. The van der Waals surface area contributed by atoms with Gasteiger partial charge in [-0.15, -0.1) is 0 Å². The van der Waals surface area contributed by atoms with E-state index in [1.807, 2.05) is 0 Å². The van der Waals surface area contributed by atoms with Crippen molar-refractivity contribution < 1.29 is 4.74 Å². The lowest BCUT2D eigenvalue weighted by atomic mass is 10.4. The van der Waals surface area contributed by atoms with Gasteiger partial charge in [0.15, 0.2) is 10.9 Å². The Morgan fingerprint density at radius 3 is 2.80 bits per heavy atom. The van der Waals surface area contributed by atoms with Crippen molar-refractivity contribution in [1.29, 1.82) is 0 Å². The number of halogens is 1. The lowest BCUT2D eigenvalue weighted by Gasteiger charge is -2.13. The molecule has 1 aliphatic rings. The van der Waals surface area contributed by atoms with Crippen LogP contribution in [-0.4, -0.2) is 35.1 Å². The third kappa shape index (κ3) is 2.58. The first-order valence-electron chi connectivity index (χ1n) is 5.07. The van der Waals surface area contributed by atoms with Crippen molar-refractivity contribution in [1.82, 2.24) is 14.9 Å². The maximum Gasteiger partial charge on any atom is 0.174 e. The molecule has 0 aliphatic carbocycles. The molecular weight excluding hydrogens is 214 g/mol. The fourth-order valence-electron chi connectivity index (χ4n) is 1.74. The minimum atomic E-state index is 0.390. The normalized spacial score (nSPS) is 16.9. The average molecular weight is 228 g/mol. The second-order valence-electron chi connectivity index (χ2n) is 3.63. The van der Waals surface area contributed by atoms with E-state index in [1.54, 1.807) is 13.3 Å². The van der Waals surface area contributed by atoms with Crippen molar-refractivity contribution in [2.45, 2.75) is 19.4 Å². The zero-order valence-electron chi connectivity index (χ0n) is 8.74. The highest BCUT2D eigenvalue weighted by atomic mass is 35.5. The van der Waals surface area contributed by atoms with Crippen molar-refractivity contribution in [3.05, 3.63) is 17.2 Å². The minimum Gasteiger partial charge on any atom is -0.492 e. The van der Waals surface area contributed by atoms with Crippen LogP contribution in [0.1, 0.15) is 18.7 Å². The predicted molar refractivity (Wildman–Crippen MR) is 58.1 cm³/mol. The summed E-state index contributed by atoms with van der Waals surface area (Å²) < 4.78 is 5.00. The molecule has 1 aliphatic heterocycles. The largest absolute Gasteiger partial charge is 0.492 e. The van der Waals surface area contributed by atoms with Gasteiger partial charge in [0.1, 0.15) is 5.82 Å². The van der Waals surface area contributed by atoms with E-state index in [1.165, 1.54) is 12.8 Å². The highest BCUT2D eigenvalue weighted by Gasteiger charge is 2.14. The van der Waals surface area contributed by atoms with Crippen LogP contribution in [-0.2, 0) is 6.54 Å². The standard InChI is InChI=1S/C10H14ClN3O/c1-15-8-6-12-9(13-10(8)11)7-14-4-2-3-5-14/h6H,2-5,7H2,1H3. The topological polar surface area (TPSA) is 38.2 Å². The maximum atomic E-state index is 5.92. The van der Waals surface area contributed by atoms with Gasteiger partial charge in [0, 0.05) is 0 Å². The second-order valence-corrected chi connectivity index (χ2v) is 3.99. The molecule has 0 atom stereocenters. The van der Waals surface area contributed by atoms with Crippen LogP contribution in [0.2, 0.25) is 5.15 Å². The van der Waals surface area contributed by atoms with E-state index in [2.05, 4.69) is 14.9 Å². The summed E-state index contributed by atoms with van der Waals surface area (Å²) >= 11 is 5.92. The Morgan fingerprint density at radius 2 is 2.20 bits per heavy atom. The zero-order chi connectivity index (χ0) is 10.7. The van der Waals surface area contributed by atoms with Crippen molar-refractivity contribution in [2.75, 3.05) is 20.2 Å². The number of likely N-dealkylation sites (tertiary alicyclic amines) is 1. The molecule has 82 valence electrons. The van der Waals surface area contributed by atoms with Crippen LogP contribution >= 0.6 is 11.6 Å². The summed E-state index contributed by atoms with van der Waals surface area (Å²) in [6, 6.07) is 0. The van der Waals surface area contributed by atoms with Crippen LogP contribution in [0.25, 0.3) is 0 Å².